The molecule has 0 saturated heterocycles. The molecular formula is C49H52N2O13S4. The molecule has 2 aliphatic carbocycles. The van der Waals surface area contributed by atoms with Crippen molar-refractivity contribution < 1.29 is 61.9 Å². The summed E-state index contributed by atoms with van der Waals surface area (Å²) >= 11 is 4.53. The van der Waals surface area contributed by atoms with E-state index >= 15 is 0 Å². The Morgan fingerprint density at radius 1 is 0.691 bits per heavy atom. The maximum atomic E-state index is 13.9. The number of rotatable bonds is 19. The van der Waals surface area contributed by atoms with Crippen molar-refractivity contribution in [2.24, 2.45) is 11.8 Å². The van der Waals surface area contributed by atoms with Crippen molar-refractivity contribution in [2.75, 3.05) is 26.4 Å². The minimum atomic E-state index is -0.789. The zero-order valence-electron chi connectivity index (χ0n) is 38.1. The summed E-state index contributed by atoms with van der Waals surface area (Å²) in [7, 11) is 0. The van der Waals surface area contributed by atoms with Crippen LogP contribution in [0.5, 0.6) is 11.5 Å². The molecule has 2 fully saturated rings. The van der Waals surface area contributed by atoms with Crippen molar-refractivity contribution in [2.45, 2.75) is 130 Å². The SMILES string of the molecule is [C-]#[N+]/C(C(=O)OCC)=C1\Sc2c(OC(=O)C3CCC(OC(=O)C4CCC(OCCCCCCOC(=O)C=C)CC4)CC3)ccc(-c3ccc(OC(C)=O)c4c3S/C(=C(/C#N)C(=O)OCC)S4)c2S1. The first-order valence-corrected chi connectivity index (χ1v) is 25.8. The van der Waals surface area contributed by atoms with Gasteiger partial charge in [-0.1, -0.05) is 60.0 Å². The zero-order valence-corrected chi connectivity index (χ0v) is 41.3. The lowest BCUT2D eigenvalue weighted by Gasteiger charge is -2.31. The van der Waals surface area contributed by atoms with Gasteiger partial charge >= 0.3 is 35.8 Å². The van der Waals surface area contributed by atoms with Crippen molar-refractivity contribution >= 4 is 82.9 Å². The number of unbranched alkanes of at least 4 members (excludes halogenated alkanes) is 3. The molecule has 2 saturated carbocycles. The lowest BCUT2D eigenvalue weighted by atomic mass is 9.86. The first-order chi connectivity index (χ1) is 32.9. The number of carbonyl (C=O) groups excluding carboxylic acids is 6. The first kappa shape index (κ1) is 52.2. The summed E-state index contributed by atoms with van der Waals surface area (Å²) in [4.78, 5) is 81.8. The van der Waals surface area contributed by atoms with Gasteiger partial charge in [0.15, 0.2) is 5.57 Å². The van der Waals surface area contributed by atoms with Gasteiger partial charge in [-0.2, -0.15) is 5.26 Å². The van der Waals surface area contributed by atoms with Gasteiger partial charge in [0.1, 0.15) is 23.7 Å². The Morgan fingerprint density at radius 3 is 1.79 bits per heavy atom. The summed E-state index contributed by atoms with van der Waals surface area (Å²) in [5.74, 6) is -3.39. The summed E-state index contributed by atoms with van der Waals surface area (Å²) in [6, 6.07) is 8.72. The maximum Gasteiger partial charge on any atom is 0.350 e. The quantitative estimate of drug-likeness (QED) is 0.0245. The molecule has 4 aliphatic rings. The summed E-state index contributed by atoms with van der Waals surface area (Å²) < 4.78 is 39.7. The Morgan fingerprint density at radius 2 is 1.22 bits per heavy atom. The number of hydrogen-bond donors (Lipinski definition) is 0. The third kappa shape index (κ3) is 13.3. The average Bonchev–Trinajstić information content (AvgIpc) is 3.98. The number of benzene rings is 2. The summed E-state index contributed by atoms with van der Waals surface area (Å²) in [5, 5.41) is 9.97. The number of nitrogens with zero attached hydrogens (tertiary/aromatic N) is 2. The summed E-state index contributed by atoms with van der Waals surface area (Å²) in [5.41, 5.74) is 0.843. The molecule has 0 spiro atoms. The van der Waals surface area contributed by atoms with Gasteiger partial charge in [-0.05, 0) is 120 Å². The smallest absolute Gasteiger partial charge is 0.350 e. The molecule has 0 N–H and O–H groups in total. The molecule has 15 nitrogen and oxygen atoms in total. The monoisotopic (exact) mass is 1000 g/mol. The average molecular weight is 1010 g/mol. The predicted molar refractivity (Wildman–Crippen MR) is 255 cm³/mol. The van der Waals surface area contributed by atoms with Gasteiger partial charge in [-0.15, -0.1) is 0 Å². The predicted octanol–water partition coefficient (Wildman–Crippen LogP) is 10.5. The Bertz CT molecular complexity index is 2440. The van der Waals surface area contributed by atoms with Crippen molar-refractivity contribution in [3.8, 4) is 28.7 Å². The summed E-state index contributed by atoms with van der Waals surface area (Å²) in [6.07, 6.45) is 9.52. The van der Waals surface area contributed by atoms with E-state index in [2.05, 4.69) is 11.4 Å². The van der Waals surface area contributed by atoms with Crippen LogP contribution in [0.4, 0.5) is 0 Å². The van der Waals surface area contributed by atoms with E-state index in [-0.39, 0.29) is 60.1 Å². The second-order valence-electron chi connectivity index (χ2n) is 16.0. The second-order valence-corrected chi connectivity index (χ2v) is 20.6. The fourth-order valence-corrected chi connectivity index (χ4v) is 13.2. The number of hydrogen-bond acceptors (Lipinski definition) is 18. The number of thioether (sulfide) groups is 4. The first-order valence-electron chi connectivity index (χ1n) is 22.6. The highest BCUT2D eigenvalue weighted by molar-refractivity contribution is 8.25. The molecule has 0 unspecified atom stereocenters. The van der Waals surface area contributed by atoms with E-state index in [0.717, 1.165) is 91.6 Å². The van der Waals surface area contributed by atoms with Crippen molar-refractivity contribution in [1.82, 2.24) is 0 Å². The van der Waals surface area contributed by atoms with Crippen LogP contribution >= 0.6 is 47.0 Å². The number of nitriles is 1. The largest absolute Gasteiger partial charge is 0.471 e. The van der Waals surface area contributed by atoms with E-state index in [1.54, 1.807) is 38.1 Å². The molecule has 2 aliphatic heterocycles. The molecule has 0 bridgehead atoms. The number of esters is 6. The fraction of sp³-hybridized carbons (Fsp3) is 0.469. The molecule has 6 rings (SSSR count). The van der Waals surface area contributed by atoms with Crippen LogP contribution in [-0.4, -0.2) is 74.5 Å². The van der Waals surface area contributed by atoms with E-state index in [1.807, 2.05) is 6.07 Å². The number of carbonyl (C=O) groups is 6. The molecule has 0 aromatic heterocycles. The molecule has 360 valence electrons. The third-order valence-corrected chi connectivity index (χ3v) is 16.6. The van der Waals surface area contributed by atoms with Crippen LogP contribution < -0.4 is 9.47 Å². The minimum Gasteiger partial charge on any atom is -0.471 e. The van der Waals surface area contributed by atoms with Crippen LogP contribution in [0.2, 0.25) is 0 Å². The molecule has 2 heterocycles. The van der Waals surface area contributed by atoms with Crippen LogP contribution in [0.3, 0.4) is 0 Å². The highest BCUT2D eigenvalue weighted by Gasteiger charge is 2.37. The van der Waals surface area contributed by atoms with E-state index in [0.29, 0.717) is 90.9 Å². The van der Waals surface area contributed by atoms with Crippen molar-refractivity contribution in [1.29, 1.82) is 5.26 Å². The van der Waals surface area contributed by atoms with Gasteiger partial charge in [0.25, 0.3) is 5.70 Å². The minimum absolute atomic E-state index is 0.0599. The Hall–Kier alpha value is -5.18. The Kier molecular flexibility index (Phi) is 19.5. The Labute approximate surface area is 412 Å². The molecule has 2 aromatic rings. The topological polar surface area (TPSA) is 195 Å². The fourth-order valence-electron chi connectivity index (χ4n) is 7.96. The number of fused-ring (bicyclic) bond motifs is 2. The van der Waals surface area contributed by atoms with E-state index in [9.17, 15) is 34.0 Å². The lowest BCUT2D eigenvalue weighted by molar-refractivity contribution is -0.159. The highest BCUT2D eigenvalue weighted by Crippen LogP contribution is 2.63. The van der Waals surface area contributed by atoms with Crippen LogP contribution in [0.15, 0.2) is 76.2 Å². The van der Waals surface area contributed by atoms with Gasteiger partial charge in [-0.25, -0.2) is 14.4 Å². The zero-order chi connectivity index (χ0) is 48.7. The van der Waals surface area contributed by atoms with Crippen LogP contribution in [-0.2, 0) is 52.5 Å². The third-order valence-electron chi connectivity index (χ3n) is 11.4. The molecular weight excluding hydrogens is 953 g/mol. The molecule has 0 amide bonds. The van der Waals surface area contributed by atoms with E-state index in [1.165, 1.54) is 6.92 Å². The van der Waals surface area contributed by atoms with Crippen LogP contribution in [0.1, 0.15) is 97.8 Å². The van der Waals surface area contributed by atoms with Gasteiger partial charge in [0, 0.05) is 29.4 Å². The van der Waals surface area contributed by atoms with Gasteiger partial charge in [0.05, 0.1) is 62.6 Å². The van der Waals surface area contributed by atoms with E-state index < -0.39 is 35.8 Å². The van der Waals surface area contributed by atoms with E-state index in [4.69, 9.17) is 39.7 Å². The lowest BCUT2D eigenvalue weighted by Crippen LogP contribution is -2.33. The molecule has 19 heteroatoms. The number of ether oxygens (including phenoxy) is 7. The van der Waals surface area contributed by atoms with Crippen LogP contribution in [0, 0.1) is 29.7 Å². The Balaban J connectivity index is 1.11. The molecule has 68 heavy (non-hydrogen) atoms. The van der Waals surface area contributed by atoms with Gasteiger partial charge in [-0.3, -0.25) is 19.2 Å². The second kappa shape index (κ2) is 25.4. The molecule has 0 radical (unpaired) electrons. The molecule has 2 aromatic carbocycles. The maximum absolute atomic E-state index is 13.9. The normalized spacial score (nSPS) is 20.8. The van der Waals surface area contributed by atoms with Crippen molar-refractivity contribution in [3.63, 3.8) is 0 Å². The summed E-state index contributed by atoms with van der Waals surface area (Å²) in [6.45, 7) is 17.0. The van der Waals surface area contributed by atoms with Crippen molar-refractivity contribution in [3.05, 3.63) is 68.1 Å². The standard InChI is InChI=1S/C49H52N2O13S4/c1-6-38(53)61-26-12-10-9-11-25-60-31-17-13-29(14-18-31)44(54)63-32-19-15-30(16-20-32)45(55)64-37-24-22-34(41-43(37)68-49(66-41)39(51-5)47(57)59-8-3)33-21-23-36(62-28(4)52)42-40(33)65-48(67-42)35(27-50)46(56)58-7-2/h6,21-24,29-32H,1,7-20,25-26H2,2-4H3/b48-35+,49-39-. The highest BCUT2D eigenvalue weighted by atomic mass is 32.2. The van der Waals surface area contributed by atoms with Crippen LogP contribution in [0.25, 0.3) is 16.0 Å². The van der Waals surface area contributed by atoms with Gasteiger partial charge in [0.2, 0.25) is 0 Å². The molecule has 0 atom stereocenters. The van der Waals surface area contributed by atoms with Gasteiger partial charge < -0.3 is 33.2 Å².